The molecule has 28 heteroatoms. The van der Waals surface area contributed by atoms with E-state index < -0.39 is 122 Å². The first-order chi connectivity index (χ1) is 26.8. The summed E-state index contributed by atoms with van der Waals surface area (Å²) in [7, 11) is -21.3. The van der Waals surface area contributed by atoms with Crippen LogP contribution in [0.25, 0.3) is 32.7 Å². The number of rotatable bonds is 9. The Morgan fingerprint density at radius 3 is 1.32 bits per heavy atom. The normalized spacial score (nSPS) is 12.5. The Bertz CT molecular complexity index is 3320. The predicted octanol–water partition coefficient (Wildman–Crippen LogP) is 4.77. The van der Waals surface area contributed by atoms with Gasteiger partial charge >= 0.3 is 0 Å². The Kier molecular flexibility index (Phi) is 13.0. The SMILES string of the molecule is Nc1cc(S(=O)(=O)O)c(S(=O)(=O)O)c2ccc(N=Nc3ccc(-c4ccc(N=Nc5ccc6c(S(=O)(=O)[O-])cc(S(=O)(=O)[O-])c(N)c6c5O)c(O)c4)cc3O)c(O)c12.[Cu].[Cu]. The third-order valence-corrected chi connectivity index (χ3v) is 12.0. The third kappa shape index (κ3) is 8.99. The molecule has 324 valence electrons. The number of nitrogen functional groups attached to an aromatic ring is 2. The molecule has 22 nitrogen and oxygen atoms in total. The number of hydrogen-bond acceptors (Lipinski definition) is 20. The average molecular weight is 1000 g/mol. The Balaban J connectivity index is 0.00000397. The zero-order chi connectivity index (χ0) is 42.9. The second kappa shape index (κ2) is 16.5. The molecule has 60 heavy (non-hydrogen) atoms. The largest absolute Gasteiger partial charge is 0.744 e. The van der Waals surface area contributed by atoms with Crippen LogP contribution in [0.4, 0.5) is 34.1 Å². The number of aromatic hydroxyl groups is 4. The van der Waals surface area contributed by atoms with E-state index in [0.717, 1.165) is 24.3 Å². The summed E-state index contributed by atoms with van der Waals surface area (Å²) >= 11 is 0. The smallest absolute Gasteiger partial charge is 0.296 e. The molecule has 0 aliphatic heterocycles. The van der Waals surface area contributed by atoms with E-state index in [1.807, 2.05) is 0 Å². The summed E-state index contributed by atoms with van der Waals surface area (Å²) in [4.78, 5) is -4.91. The number of fused-ring (bicyclic) bond motifs is 2. The van der Waals surface area contributed by atoms with Crippen molar-refractivity contribution in [1.82, 2.24) is 0 Å². The standard InChI is InChI=1S/C32H24N6O16S4.2Cu/c33-17-11-26(57(49,50)51)32(58(52,53)54)16-4-8-20(30(41)27(16)17)37-35-18-5-1-13(9-22(18)39)14-2-6-19(23(40)10-14)36-38-21-7-3-15-24(55(43,44)45)12-25(56(46,47)48)29(34)28(15)31(21)42;;/h1-12,39-42H,33-34H2,(H,43,44,45)(H,46,47,48)(H,49,50,51)(H,52,53,54);;/p-2. The Hall–Kier alpha value is -5.48. The van der Waals surface area contributed by atoms with Gasteiger partial charge in [0.25, 0.3) is 20.2 Å². The molecule has 0 saturated heterocycles. The maximum atomic E-state index is 12.0. The van der Waals surface area contributed by atoms with E-state index in [2.05, 4.69) is 20.5 Å². The summed E-state index contributed by atoms with van der Waals surface area (Å²) < 4.78 is 138. The molecule has 0 aliphatic carbocycles. The van der Waals surface area contributed by atoms with Crippen LogP contribution in [0.3, 0.4) is 0 Å². The fourth-order valence-corrected chi connectivity index (χ4v) is 9.18. The number of phenols is 4. The minimum absolute atomic E-state index is 0. The summed E-state index contributed by atoms with van der Waals surface area (Å²) in [6.45, 7) is 0. The zero-order valence-corrected chi connectivity index (χ0v) is 34.0. The van der Waals surface area contributed by atoms with Gasteiger partial charge in [0.15, 0.2) is 11.5 Å². The van der Waals surface area contributed by atoms with E-state index in [-0.39, 0.29) is 57.3 Å². The molecule has 0 heterocycles. The molecule has 10 N–H and O–H groups in total. The van der Waals surface area contributed by atoms with E-state index in [4.69, 9.17) is 11.5 Å². The van der Waals surface area contributed by atoms with Crippen molar-refractivity contribution in [2.75, 3.05) is 11.5 Å². The fraction of sp³-hybridized carbons (Fsp3) is 0. The maximum Gasteiger partial charge on any atom is 0.296 e. The van der Waals surface area contributed by atoms with Crippen LogP contribution in [0, 0.1) is 0 Å². The zero-order valence-electron chi connectivity index (χ0n) is 28.9. The van der Waals surface area contributed by atoms with Crippen molar-refractivity contribution < 1.29 is 106 Å². The first kappa shape index (κ1) is 47.2. The molecule has 0 atom stereocenters. The van der Waals surface area contributed by atoms with Crippen molar-refractivity contribution in [2.24, 2.45) is 20.5 Å². The van der Waals surface area contributed by atoms with Gasteiger partial charge in [-0.3, -0.25) is 9.11 Å². The molecule has 0 amide bonds. The topological polar surface area (TPSA) is 406 Å². The van der Waals surface area contributed by atoms with E-state index in [1.165, 1.54) is 36.4 Å². The minimum Gasteiger partial charge on any atom is -0.744 e. The van der Waals surface area contributed by atoms with Crippen molar-refractivity contribution in [1.29, 1.82) is 0 Å². The molecule has 0 aromatic heterocycles. The molecular formula is C32H22Cu2N6O16S4-2. The second-order valence-electron chi connectivity index (χ2n) is 12.0. The Morgan fingerprint density at radius 1 is 0.483 bits per heavy atom. The first-order valence-corrected chi connectivity index (χ1v) is 21.0. The van der Waals surface area contributed by atoms with Crippen molar-refractivity contribution in [2.45, 2.75) is 19.6 Å². The van der Waals surface area contributed by atoms with Gasteiger partial charge in [-0.05, 0) is 59.7 Å². The number of hydrogen-bond donors (Lipinski definition) is 8. The molecule has 2 radical (unpaired) electrons. The molecule has 0 aliphatic rings. The summed E-state index contributed by atoms with van der Waals surface area (Å²) in [5, 5.41) is 56.1. The van der Waals surface area contributed by atoms with Crippen LogP contribution in [-0.2, 0) is 74.6 Å². The van der Waals surface area contributed by atoms with Gasteiger partial charge in [0.05, 0.1) is 26.3 Å². The number of nitrogens with zero attached hydrogens (tertiary/aromatic N) is 4. The molecule has 0 fully saturated rings. The van der Waals surface area contributed by atoms with Gasteiger partial charge in [0.2, 0.25) is 0 Å². The van der Waals surface area contributed by atoms with Crippen LogP contribution in [0.2, 0.25) is 0 Å². The van der Waals surface area contributed by atoms with E-state index >= 15 is 0 Å². The number of phenolic OH excluding ortho intramolecular Hbond substituents is 4. The van der Waals surface area contributed by atoms with Gasteiger partial charge < -0.3 is 41.0 Å². The monoisotopic (exact) mass is 1000 g/mol. The second-order valence-corrected chi connectivity index (χ2v) is 17.4. The quantitative estimate of drug-likeness (QED) is 0.0418. The molecule has 0 bridgehead atoms. The number of nitrogens with two attached hydrogens (primary N) is 2. The van der Waals surface area contributed by atoms with Gasteiger partial charge in [-0.15, -0.1) is 20.5 Å². The van der Waals surface area contributed by atoms with Crippen LogP contribution in [0.1, 0.15) is 0 Å². The molecule has 6 aromatic carbocycles. The van der Waals surface area contributed by atoms with Crippen molar-refractivity contribution in [3.8, 4) is 34.1 Å². The van der Waals surface area contributed by atoms with Gasteiger partial charge in [0, 0.05) is 50.6 Å². The van der Waals surface area contributed by atoms with Gasteiger partial charge in [-0.25, -0.2) is 16.8 Å². The average Bonchev–Trinajstić information content (AvgIpc) is 3.09. The molecule has 6 aromatic rings. The van der Waals surface area contributed by atoms with E-state index in [1.54, 1.807) is 0 Å². The van der Waals surface area contributed by atoms with Gasteiger partial charge in [-0.1, -0.05) is 24.3 Å². The summed E-state index contributed by atoms with van der Waals surface area (Å²) in [5.74, 6) is -2.71. The van der Waals surface area contributed by atoms with Crippen LogP contribution in [0.15, 0.2) is 113 Å². The Morgan fingerprint density at radius 2 is 0.900 bits per heavy atom. The molecule has 0 unspecified atom stereocenters. The van der Waals surface area contributed by atoms with Crippen LogP contribution in [0.5, 0.6) is 23.0 Å². The summed E-state index contributed by atoms with van der Waals surface area (Å²) in [6, 6.07) is 12.5. The van der Waals surface area contributed by atoms with Gasteiger partial charge in [-0.2, -0.15) is 16.8 Å². The van der Waals surface area contributed by atoms with Crippen LogP contribution in [-0.4, -0.2) is 72.3 Å². The van der Waals surface area contributed by atoms with Crippen molar-refractivity contribution in [3.63, 3.8) is 0 Å². The maximum absolute atomic E-state index is 12.0. The van der Waals surface area contributed by atoms with E-state index in [9.17, 15) is 72.3 Å². The summed E-state index contributed by atoms with van der Waals surface area (Å²) in [6.07, 6.45) is 0. The number of azo groups is 2. The van der Waals surface area contributed by atoms with Crippen LogP contribution < -0.4 is 11.5 Å². The Labute approximate surface area is 358 Å². The van der Waals surface area contributed by atoms with Gasteiger partial charge in [0.1, 0.15) is 64.3 Å². The number of benzene rings is 6. The minimum atomic E-state index is -5.42. The third-order valence-electron chi connectivity index (χ3n) is 8.31. The molecular weight excluding hydrogens is 980 g/mol. The predicted molar refractivity (Wildman–Crippen MR) is 199 cm³/mol. The fourth-order valence-electron chi connectivity index (χ4n) is 5.75. The molecule has 0 saturated carbocycles. The molecule has 6 rings (SSSR count). The molecule has 0 spiro atoms. The van der Waals surface area contributed by atoms with E-state index in [0.29, 0.717) is 17.2 Å². The van der Waals surface area contributed by atoms with Crippen LogP contribution >= 0.6 is 0 Å². The number of anilines is 2. The van der Waals surface area contributed by atoms with Crippen molar-refractivity contribution in [3.05, 3.63) is 72.8 Å². The first-order valence-electron chi connectivity index (χ1n) is 15.3. The van der Waals surface area contributed by atoms with Crippen molar-refractivity contribution >= 4 is 96.1 Å². The summed E-state index contributed by atoms with van der Waals surface area (Å²) in [5.41, 5.74) is 9.70.